The van der Waals surface area contributed by atoms with E-state index in [0.717, 1.165) is 23.4 Å². The minimum atomic E-state index is -1.02. The Hall–Kier alpha value is -2.28. The molecule has 1 saturated heterocycles. The molecular formula is C17H16F2N2O2S. The molecule has 1 aromatic heterocycles. The number of likely N-dealkylation sites (tertiary alicyclic amines) is 1. The molecule has 1 atom stereocenters. The third kappa shape index (κ3) is 3.62. The summed E-state index contributed by atoms with van der Waals surface area (Å²) in [6.07, 6.45) is 1.57. The molecule has 1 aromatic carbocycles. The average molecular weight is 350 g/mol. The van der Waals surface area contributed by atoms with Crippen LogP contribution in [0.4, 0.5) is 14.5 Å². The van der Waals surface area contributed by atoms with Crippen molar-refractivity contribution in [2.24, 2.45) is 0 Å². The zero-order valence-electron chi connectivity index (χ0n) is 12.8. The van der Waals surface area contributed by atoms with E-state index in [1.54, 1.807) is 4.90 Å². The van der Waals surface area contributed by atoms with E-state index in [1.165, 1.54) is 17.4 Å². The molecule has 7 heteroatoms. The SMILES string of the molecule is O=C(Nc1ccc(F)c(F)c1)C1CCCN1C(=O)Cc1cccs1. The van der Waals surface area contributed by atoms with Crippen molar-refractivity contribution in [3.05, 3.63) is 52.2 Å². The predicted molar refractivity (Wildman–Crippen MR) is 87.7 cm³/mol. The number of halogens is 2. The van der Waals surface area contributed by atoms with Crippen LogP contribution in [0.2, 0.25) is 0 Å². The quantitative estimate of drug-likeness (QED) is 0.921. The van der Waals surface area contributed by atoms with Crippen molar-refractivity contribution in [1.29, 1.82) is 0 Å². The summed E-state index contributed by atoms with van der Waals surface area (Å²) in [7, 11) is 0. The fraction of sp³-hybridized carbons (Fsp3) is 0.294. The Morgan fingerprint density at radius 3 is 2.79 bits per heavy atom. The molecule has 126 valence electrons. The van der Waals surface area contributed by atoms with Crippen LogP contribution in [0.5, 0.6) is 0 Å². The van der Waals surface area contributed by atoms with E-state index in [9.17, 15) is 18.4 Å². The average Bonchev–Trinajstić information content (AvgIpc) is 3.22. The molecule has 0 spiro atoms. The third-order valence-corrected chi connectivity index (χ3v) is 4.84. The van der Waals surface area contributed by atoms with Gasteiger partial charge in [0.15, 0.2) is 11.6 Å². The van der Waals surface area contributed by atoms with Gasteiger partial charge in [-0.3, -0.25) is 9.59 Å². The number of hydrogen-bond donors (Lipinski definition) is 1. The van der Waals surface area contributed by atoms with E-state index in [1.807, 2.05) is 17.5 Å². The number of nitrogens with zero attached hydrogens (tertiary/aromatic N) is 1. The number of carbonyl (C=O) groups is 2. The zero-order chi connectivity index (χ0) is 17.1. The molecular weight excluding hydrogens is 334 g/mol. The maximum Gasteiger partial charge on any atom is 0.247 e. The van der Waals surface area contributed by atoms with Crippen molar-refractivity contribution in [2.45, 2.75) is 25.3 Å². The summed E-state index contributed by atoms with van der Waals surface area (Å²) >= 11 is 1.50. The summed E-state index contributed by atoms with van der Waals surface area (Å²) in [5, 5.41) is 4.46. The van der Waals surface area contributed by atoms with Gasteiger partial charge >= 0.3 is 0 Å². The summed E-state index contributed by atoms with van der Waals surface area (Å²) in [5.41, 5.74) is 0.177. The molecule has 1 aliphatic rings. The monoisotopic (exact) mass is 350 g/mol. The van der Waals surface area contributed by atoms with E-state index in [2.05, 4.69) is 5.32 Å². The van der Waals surface area contributed by atoms with Gasteiger partial charge in [0.25, 0.3) is 0 Å². The highest BCUT2D eigenvalue weighted by atomic mass is 32.1. The molecule has 2 amide bonds. The summed E-state index contributed by atoms with van der Waals surface area (Å²) in [6, 6.07) is 6.37. The lowest BCUT2D eigenvalue weighted by Crippen LogP contribution is -2.43. The molecule has 0 radical (unpaired) electrons. The summed E-state index contributed by atoms with van der Waals surface area (Å²) in [5.74, 6) is -2.47. The largest absolute Gasteiger partial charge is 0.330 e. The smallest absolute Gasteiger partial charge is 0.247 e. The molecule has 1 N–H and O–H groups in total. The summed E-state index contributed by atoms with van der Waals surface area (Å²) in [6.45, 7) is 0.528. The van der Waals surface area contributed by atoms with Crippen molar-refractivity contribution >= 4 is 28.8 Å². The Balaban J connectivity index is 1.66. The summed E-state index contributed by atoms with van der Waals surface area (Å²) in [4.78, 5) is 27.3. The zero-order valence-corrected chi connectivity index (χ0v) is 13.6. The Kier molecular flexibility index (Phi) is 4.89. The van der Waals surface area contributed by atoms with Gasteiger partial charge in [0.1, 0.15) is 6.04 Å². The second-order valence-electron chi connectivity index (χ2n) is 5.62. The lowest BCUT2D eigenvalue weighted by molar-refractivity contribution is -0.136. The predicted octanol–water partition coefficient (Wildman–Crippen LogP) is 3.20. The standard InChI is InChI=1S/C17H16F2N2O2S/c18-13-6-5-11(9-14(13)19)20-17(23)15-4-1-7-21(15)16(22)10-12-3-2-8-24-12/h2-3,5-6,8-9,15H,1,4,7,10H2,(H,20,23). The van der Waals surface area contributed by atoms with Crippen molar-refractivity contribution in [2.75, 3.05) is 11.9 Å². The molecule has 3 rings (SSSR count). The highest BCUT2D eigenvalue weighted by molar-refractivity contribution is 7.10. The Labute approximate surface area is 142 Å². The van der Waals surface area contributed by atoms with Crippen molar-refractivity contribution < 1.29 is 18.4 Å². The topological polar surface area (TPSA) is 49.4 Å². The molecule has 2 aromatic rings. The first-order chi connectivity index (χ1) is 11.5. The second kappa shape index (κ2) is 7.09. The number of rotatable bonds is 4. The molecule has 0 bridgehead atoms. The molecule has 24 heavy (non-hydrogen) atoms. The van der Waals surface area contributed by atoms with Crippen LogP contribution < -0.4 is 5.32 Å². The van der Waals surface area contributed by atoms with Gasteiger partial charge in [-0.2, -0.15) is 0 Å². The highest BCUT2D eigenvalue weighted by Gasteiger charge is 2.34. The van der Waals surface area contributed by atoms with Crippen LogP contribution in [0.1, 0.15) is 17.7 Å². The normalized spacial score (nSPS) is 17.1. The van der Waals surface area contributed by atoms with Gasteiger partial charge in [-0.25, -0.2) is 8.78 Å². The first-order valence-electron chi connectivity index (χ1n) is 7.62. The number of nitrogens with one attached hydrogen (secondary N) is 1. The fourth-order valence-corrected chi connectivity index (χ4v) is 3.50. The molecule has 0 aliphatic carbocycles. The van der Waals surface area contributed by atoms with Gasteiger partial charge in [-0.05, 0) is 36.4 Å². The molecule has 1 fully saturated rings. The molecule has 2 heterocycles. The Morgan fingerprint density at radius 1 is 1.25 bits per heavy atom. The maximum atomic E-state index is 13.2. The van der Waals surface area contributed by atoms with Crippen LogP contribution in [0, 0.1) is 11.6 Å². The van der Waals surface area contributed by atoms with Gasteiger partial charge in [-0.1, -0.05) is 6.07 Å². The van der Waals surface area contributed by atoms with Crippen LogP contribution in [-0.4, -0.2) is 29.3 Å². The second-order valence-corrected chi connectivity index (χ2v) is 6.65. The van der Waals surface area contributed by atoms with Crippen molar-refractivity contribution in [3.63, 3.8) is 0 Å². The minimum Gasteiger partial charge on any atom is -0.330 e. The Bertz CT molecular complexity index is 749. The van der Waals surface area contributed by atoms with Crippen molar-refractivity contribution in [1.82, 2.24) is 4.90 Å². The number of thiophene rings is 1. The number of benzene rings is 1. The molecule has 1 aliphatic heterocycles. The third-order valence-electron chi connectivity index (χ3n) is 3.97. The first-order valence-corrected chi connectivity index (χ1v) is 8.50. The lowest BCUT2D eigenvalue weighted by Gasteiger charge is -2.24. The first kappa shape index (κ1) is 16.6. The van der Waals surface area contributed by atoms with E-state index < -0.39 is 17.7 Å². The number of hydrogen-bond acceptors (Lipinski definition) is 3. The van der Waals surface area contributed by atoms with E-state index in [-0.39, 0.29) is 23.9 Å². The van der Waals surface area contributed by atoms with Gasteiger partial charge in [0.2, 0.25) is 11.8 Å². The minimum absolute atomic E-state index is 0.0969. The number of amides is 2. The van der Waals surface area contributed by atoms with Crippen LogP contribution in [0.25, 0.3) is 0 Å². The van der Waals surface area contributed by atoms with Crippen molar-refractivity contribution in [3.8, 4) is 0 Å². The fourth-order valence-electron chi connectivity index (χ4n) is 2.80. The van der Waals surface area contributed by atoms with Gasteiger partial charge in [0.05, 0.1) is 6.42 Å². The van der Waals surface area contributed by atoms with Crippen LogP contribution >= 0.6 is 11.3 Å². The molecule has 1 unspecified atom stereocenters. The van der Waals surface area contributed by atoms with E-state index in [4.69, 9.17) is 0 Å². The van der Waals surface area contributed by atoms with Crippen LogP contribution in [0.3, 0.4) is 0 Å². The van der Waals surface area contributed by atoms with E-state index in [0.29, 0.717) is 13.0 Å². The summed E-state index contributed by atoms with van der Waals surface area (Å²) < 4.78 is 26.2. The number of carbonyl (C=O) groups excluding carboxylic acids is 2. The molecule has 4 nitrogen and oxygen atoms in total. The van der Waals surface area contributed by atoms with Crippen LogP contribution in [-0.2, 0) is 16.0 Å². The van der Waals surface area contributed by atoms with Gasteiger partial charge in [-0.15, -0.1) is 11.3 Å². The van der Waals surface area contributed by atoms with Gasteiger partial charge < -0.3 is 10.2 Å². The lowest BCUT2D eigenvalue weighted by atomic mass is 10.2. The highest BCUT2D eigenvalue weighted by Crippen LogP contribution is 2.22. The van der Waals surface area contributed by atoms with Crippen LogP contribution in [0.15, 0.2) is 35.7 Å². The van der Waals surface area contributed by atoms with Gasteiger partial charge in [0, 0.05) is 23.2 Å². The Morgan fingerprint density at radius 2 is 2.08 bits per heavy atom. The molecule has 0 saturated carbocycles. The van der Waals surface area contributed by atoms with E-state index >= 15 is 0 Å². The maximum absolute atomic E-state index is 13.2. The number of anilines is 1.